The Bertz CT molecular complexity index is 679. The largest absolute Gasteiger partial charge is 0.507 e. The monoisotopic (exact) mass is 269 g/mol. The Kier molecular flexibility index (Phi) is 3.16. The van der Waals surface area contributed by atoms with E-state index in [9.17, 15) is 9.90 Å². The minimum Gasteiger partial charge on any atom is -0.507 e. The topological polar surface area (TPSA) is 69.6 Å². The van der Waals surface area contributed by atoms with Crippen LogP contribution in [0.5, 0.6) is 5.75 Å². The molecular weight excluding hydrogens is 254 g/mol. The van der Waals surface area contributed by atoms with Gasteiger partial charge in [0, 0.05) is 6.54 Å². The van der Waals surface area contributed by atoms with Crippen molar-refractivity contribution in [1.29, 1.82) is 0 Å². The van der Waals surface area contributed by atoms with Gasteiger partial charge in [0.1, 0.15) is 11.3 Å². The van der Waals surface area contributed by atoms with Gasteiger partial charge in [-0.3, -0.25) is 0 Å². The number of phenols is 1. The molecule has 2 aromatic rings. The summed E-state index contributed by atoms with van der Waals surface area (Å²) in [6.07, 6.45) is 0.925. The molecule has 4 nitrogen and oxygen atoms in total. The highest BCUT2D eigenvalue weighted by Crippen LogP contribution is 2.31. The van der Waals surface area contributed by atoms with Crippen LogP contribution in [-0.2, 0) is 13.0 Å². The number of nitrogens with one attached hydrogen (secondary N) is 1. The van der Waals surface area contributed by atoms with Gasteiger partial charge in [0.15, 0.2) is 0 Å². The first-order valence-corrected chi connectivity index (χ1v) is 6.55. The number of carbonyl (C=O) groups is 1. The van der Waals surface area contributed by atoms with Crippen molar-refractivity contribution >= 4 is 5.97 Å². The molecule has 4 heteroatoms. The van der Waals surface area contributed by atoms with Gasteiger partial charge in [-0.05, 0) is 47.4 Å². The molecule has 0 saturated heterocycles. The highest BCUT2D eigenvalue weighted by Gasteiger charge is 2.16. The molecule has 0 atom stereocenters. The third kappa shape index (κ3) is 2.14. The number of hydrogen-bond donors (Lipinski definition) is 3. The van der Waals surface area contributed by atoms with Crippen molar-refractivity contribution in [3.8, 4) is 16.9 Å². The van der Waals surface area contributed by atoms with Crippen LogP contribution in [0.1, 0.15) is 21.5 Å². The molecule has 0 fully saturated rings. The van der Waals surface area contributed by atoms with Crippen LogP contribution in [-0.4, -0.2) is 22.7 Å². The highest BCUT2D eigenvalue weighted by atomic mass is 16.4. The van der Waals surface area contributed by atoms with Gasteiger partial charge in [0.25, 0.3) is 0 Å². The number of benzene rings is 2. The molecule has 2 aromatic carbocycles. The maximum Gasteiger partial charge on any atom is 0.339 e. The van der Waals surface area contributed by atoms with E-state index < -0.39 is 5.97 Å². The van der Waals surface area contributed by atoms with Crippen molar-refractivity contribution in [1.82, 2.24) is 5.32 Å². The van der Waals surface area contributed by atoms with E-state index in [4.69, 9.17) is 5.11 Å². The molecule has 3 N–H and O–H groups in total. The summed E-state index contributed by atoms with van der Waals surface area (Å²) in [4.78, 5) is 11.1. The molecule has 0 aliphatic carbocycles. The molecule has 20 heavy (non-hydrogen) atoms. The zero-order valence-electron chi connectivity index (χ0n) is 10.9. The minimum atomic E-state index is -1.11. The first-order chi connectivity index (χ1) is 9.66. The number of fused-ring (bicyclic) bond motifs is 1. The van der Waals surface area contributed by atoms with E-state index in [1.807, 2.05) is 12.1 Å². The molecule has 1 heterocycles. The lowest BCUT2D eigenvalue weighted by atomic mass is 9.91. The van der Waals surface area contributed by atoms with Crippen molar-refractivity contribution in [2.75, 3.05) is 6.54 Å². The van der Waals surface area contributed by atoms with Crippen LogP contribution >= 0.6 is 0 Å². The second-order valence-corrected chi connectivity index (χ2v) is 4.91. The average Bonchev–Trinajstić information content (AvgIpc) is 2.47. The van der Waals surface area contributed by atoms with E-state index in [2.05, 4.69) is 11.4 Å². The Morgan fingerprint density at radius 2 is 2.05 bits per heavy atom. The summed E-state index contributed by atoms with van der Waals surface area (Å²) in [5.74, 6) is -1.32. The van der Waals surface area contributed by atoms with Crippen LogP contribution < -0.4 is 5.32 Å². The number of rotatable bonds is 2. The maximum atomic E-state index is 11.1. The molecule has 102 valence electrons. The molecule has 0 unspecified atom stereocenters. The van der Waals surface area contributed by atoms with E-state index in [0.717, 1.165) is 30.6 Å². The number of carboxylic acids is 1. The predicted molar refractivity (Wildman–Crippen MR) is 75.9 cm³/mol. The fraction of sp³-hybridized carbons (Fsp3) is 0.188. The Morgan fingerprint density at radius 3 is 2.85 bits per heavy atom. The molecule has 0 bridgehead atoms. The molecule has 0 aromatic heterocycles. The summed E-state index contributed by atoms with van der Waals surface area (Å²) in [6.45, 7) is 1.76. The van der Waals surface area contributed by atoms with Crippen LogP contribution in [0.2, 0.25) is 0 Å². The Morgan fingerprint density at radius 1 is 1.20 bits per heavy atom. The first kappa shape index (κ1) is 12.7. The van der Waals surface area contributed by atoms with Gasteiger partial charge >= 0.3 is 5.97 Å². The molecule has 0 amide bonds. The minimum absolute atomic E-state index is 0.0611. The molecule has 3 rings (SSSR count). The number of hydrogen-bond acceptors (Lipinski definition) is 3. The Labute approximate surface area is 116 Å². The van der Waals surface area contributed by atoms with Crippen molar-refractivity contribution in [2.45, 2.75) is 13.0 Å². The number of aromatic hydroxyl groups is 1. The molecule has 0 radical (unpaired) electrons. The van der Waals surface area contributed by atoms with Crippen molar-refractivity contribution < 1.29 is 15.0 Å². The molecule has 1 aliphatic rings. The first-order valence-electron chi connectivity index (χ1n) is 6.55. The SMILES string of the molecule is O=C(O)c1cc(-c2cccc3c2CCNC3)ccc1O. The summed E-state index contributed by atoms with van der Waals surface area (Å²) in [5, 5.41) is 22.0. The fourth-order valence-electron chi connectivity index (χ4n) is 2.68. The van der Waals surface area contributed by atoms with Crippen LogP contribution in [0.4, 0.5) is 0 Å². The zero-order valence-corrected chi connectivity index (χ0v) is 10.9. The van der Waals surface area contributed by atoms with Gasteiger partial charge in [-0.15, -0.1) is 0 Å². The second kappa shape index (κ2) is 4.98. The predicted octanol–water partition coefficient (Wildman–Crippen LogP) is 2.40. The van der Waals surface area contributed by atoms with Gasteiger partial charge in [0.2, 0.25) is 0 Å². The Balaban J connectivity index is 2.14. The third-order valence-corrected chi connectivity index (χ3v) is 3.68. The lowest BCUT2D eigenvalue weighted by Gasteiger charge is -2.20. The maximum absolute atomic E-state index is 11.1. The smallest absolute Gasteiger partial charge is 0.339 e. The van der Waals surface area contributed by atoms with Gasteiger partial charge < -0.3 is 15.5 Å². The fourth-order valence-corrected chi connectivity index (χ4v) is 2.68. The second-order valence-electron chi connectivity index (χ2n) is 4.91. The van der Waals surface area contributed by atoms with Gasteiger partial charge in [0.05, 0.1) is 0 Å². The van der Waals surface area contributed by atoms with Crippen LogP contribution in [0.15, 0.2) is 36.4 Å². The van der Waals surface area contributed by atoms with E-state index in [1.54, 1.807) is 6.07 Å². The van der Waals surface area contributed by atoms with Crippen molar-refractivity contribution in [3.63, 3.8) is 0 Å². The molecular formula is C16H15NO3. The van der Waals surface area contributed by atoms with E-state index in [-0.39, 0.29) is 11.3 Å². The van der Waals surface area contributed by atoms with Crippen molar-refractivity contribution in [3.05, 3.63) is 53.1 Å². The van der Waals surface area contributed by atoms with E-state index in [0.29, 0.717) is 0 Å². The molecule has 0 saturated carbocycles. The van der Waals surface area contributed by atoms with Crippen LogP contribution in [0.25, 0.3) is 11.1 Å². The van der Waals surface area contributed by atoms with Gasteiger partial charge in [-0.1, -0.05) is 24.3 Å². The number of carboxylic acid groups (broad SMARTS) is 1. The quantitative estimate of drug-likeness (QED) is 0.783. The van der Waals surface area contributed by atoms with Gasteiger partial charge in [-0.25, -0.2) is 4.79 Å². The van der Waals surface area contributed by atoms with Crippen LogP contribution in [0.3, 0.4) is 0 Å². The third-order valence-electron chi connectivity index (χ3n) is 3.68. The van der Waals surface area contributed by atoms with Crippen molar-refractivity contribution in [2.24, 2.45) is 0 Å². The highest BCUT2D eigenvalue weighted by molar-refractivity contribution is 5.92. The zero-order chi connectivity index (χ0) is 14.1. The van der Waals surface area contributed by atoms with Crippen LogP contribution in [0, 0.1) is 0 Å². The normalized spacial score (nSPS) is 13.8. The summed E-state index contributed by atoms with van der Waals surface area (Å²) < 4.78 is 0. The standard InChI is InChI=1S/C16H15NO3/c18-15-5-4-10(8-14(15)16(19)20)12-3-1-2-11-9-17-7-6-13(11)12/h1-5,8,17-18H,6-7,9H2,(H,19,20). The van der Waals surface area contributed by atoms with E-state index >= 15 is 0 Å². The lowest BCUT2D eigenvalue weighted by Crippen LogP contribution is -2.24. The lowest BCUT2D eigenvalue weighted by molar-refractivity contribution is 0.0694. The summed E-state index contributed by atoms with van der Waals surface area (Å²) >= 11 is 0. The van der Waals surface area contributed by atoms with Gasteiger partial charge in [-0.2, -0.15) is 0 Å². The average molecular weight is 269 g/mol. The molecule has 1 aliphatic heterocycles. The Hall–Kier alpha value is -2.33. The molecule has 0 spiro atoms. The number of aromatic carboxylic acids is 1. The summed E-state index contributed by atoms with van der Waals surface area (Å²) in [6, 6.07) is 10.8. The van der Waals surface area contributed by atoms with E-state index in [1.165, 1.54) is 23.3 Å². The summed E-state index contributed by atoms with van der Waals surface area (Å²) in [7, 11) is 0. The summed E-state index contributed by atoms with van der Waals surface area (Å²) in [5.41, 5.74) is 4.33.